The van der Waals surface area contributed by atoms with E-state index in [0.717, 1.165) is 16.6 Å². The molecule has 0 radical (unpaired) electrons. The second kappa shape index (κ2) is 8.63. The number of hydrogen-bond acceptors (Lipinski definition) is 6. The van der Waals surface area contributed by atoms with Gasteiger partial charge in [0, 0.05) is 23.7 Å². The molecule has 1 N–H and O–H groups in total. The van der Waals surface area contributed by atoms with Crippen molar-refractivity contribution in [3.63, 3.8) is 0 Å². The van der Waals surface area contributed by atoms with Gasteiger partial charge in [-0.05, 0) is 43.7 Å². The summed E-state index contributed by atoms with van der Waals surface area (Å²) in [5.74, 6) is 0.996. The van der Waals surface area contributed by atoms with Crippen LogP contribution >= 0.6 is 0 Å². The number of aromatic nitrogens is 4. The fraction of sp³-hybridized carbons (Fsp3) is 0.174. The molecular formula is C23H20N6O2. The monoisotopic (exact) mass is 412 g/mol. The highest BCUT2D eigenvalue weighted by Crippen LogP contribution is 2.22. The van der Waals surface area contributed by atoms with Gasteiger partial charge in [0.15, 0.2) is 5.65 Å². The van der Waals surface area contributed by atoms with Crippen LogP contribution in [0.1, 0.15) is 31.1 Å². The van der Waals surface area contributed by atoms with Gasteiger partial charge in [0.05, 0.1) is 24.5 Å². The van der Waals surface area contributed by atoms with Crippen molar-refractivity contribution >= 4 is 22.6 Å². The van der Waals surface area contributed by atoms with E-state index in [1.54, 1.807) is 36.7 Å². The first-order valence-electron chi connectivity index (χ1n) is 9.78. The lowest BCUT2D eigenvalue weighted by atomic mass is 10.1. The smallest absolute Gasteiger partial charge is 0.228 e. The molecular weight excluding hydrogens is 392 g/mol. The summed E-state index contributed by atoms with van der Waals surface area (Å²) in [4.78, 5) is 20.8. The van der Waals surface area contributed by atoms with Crippen LogP contribution in [0.2, 0.25) is 0 Å². The van der Waals surface area contributed by atoms with Gasteiger partial charge in [0.25, 0.3) is 0 Å². The number of benzene rings is 1. The summed E-state index contributed by atoms with van der Waals surface area (Å²) in [5.41, 5.74) is 2.56. The highest BCUT2D eigenvalue weighted by molar-refractivity contribution is 5.93. The molecule has 0 spiro atoms. The normalized spacial score (nSPS) is 10.8. The molecule has 4 rings (SSSR count). The van der Waals surface area contributed by atoms with E-state index in [1.165, 1.54) is 6.20 Å². The van der Waals surface area contributed by atoms with Crippen LogP contribution in [0.15, 0.2) is 61.1 Å². The van der Waals surface area contributed by atoms with Crippen LogP contribution in [0.3, 0.4) is 0 Å². The maximum Gasteiger partial charge on any atom is 0.228 e. The largest absolute Gasteiger partial charge is 0.457 e. The number of carbonyl (C=O) groups excluding carboxylic acids is 1. The lowest BCUT2D eigenvalue weighted by Crippen LogP contribution is -2.14. The van der Waals surface area contributed by atoms with E-state index >= 15 is 0 Å². The summed E-state index contributed by atoms with van der Waals surface area (Å²) in [6.45, 7) is 4.08. The Bertz CT molecular complexity index is 1270. The van der Waals surface area contributed by atoms with Crippen molar-refractivity contribution in [1.29, 1.82) is 5.26 Å². The summed E-state index contributed by atoms with van der Waals surface area (Å²) >= 11 is 0. The Hall–Kier alpha value is -4.25. The minimum absolute atomic E-state index is 0.140. The number of rotatable bonds is 6. The Morgan fingerprint density at radius 1 is 1.13 bits per heavy atom. The number of nitriles is 1. The molecule has 0 unspecified atom stereocenters. The van der Waals surface area contributed by atoms with Gasteiger partial charge >= 0.3 is 0 Å². The van der Waals surface area contributed by atoms with Crippen LogP contribution in [0.25, 0.3) is 11.0 Å². The summed E-state index contributed by atoms with van der Waals surface area (Å²) in [7, 11) is 0. The number of anilines is 1. The number of amides is 1. The van der Waals surface area contributed by atoms with Crippen LogP contribution in [0.4, 0.5) is 5.69 Å². The highest BCUT2D eigenvalue weighted by Gasteiger charge is 2.10. The molecule has 31 heavy (non-hydrogen) atoms. The highest BCUT2D eigenvalue weighted by atomic mass is 16.5. The fourth-order valence-corrected chi connectivity index (χ4v) is 3.12. The number of nitrogens with one attached hydrogen (secondary N) is 1. The van der Waals surface area contributed by atoms with Crippen molar-refractivity contribution in [2.45, 2.75) is 26.3 Å². The van der Waals surface area contributed by atoms with Gasteiger partial charge in [-0.3, -0.25) is 4.79 Å². The molecule has 1 aromatic carbocycles. The number of hydrogen-bond donors (Lipinski definition) is 1. The molecule has 0 aliphatic rings. The molecule has 3 aromatic heterocycles. The quantitative estimate of drug-likeness (QED) is 0.507. The molecule has 4 aromatic rings. The summed E-state index contributed by atoms with van der Waals surface area (Å²) in [6.07, 6.45) is 5.13. The van der Waals surface area contributed by atoms with Gasteiger partial charge in [0.1, 0.15) is 23.3 Å². The van der Waals surface area contributed by atoms with Crippen molar-refractivity contribution in [3.8, 4) is 17.6 Å². The lowest BCUT2D eigenvalue weighted by molar-refractivity contribution is -0.115. The predicted molar refractivity (Wildman–Crippen MR) is 116 cm³/mol. The van der Waals surface area contributed by atoms with Crippen LogP contribution in [-0.4, -0.2) is 25.7 Å². The third-order valence-corrected chi connectivity index (χ3v) is 4.58. The third-order valence-electron chi connectivity index (χ3n) is 4.58. The summed E-state index contributed by atoms with van der Waals surface area (Å²) < 4.78 is 7.57. The molecule has 1 amide bonds. The zero-order valence-corrected chi connectivity index (χ0v) is 17.1. The maximum absolute atomic E-state index is 12.4. The summed E-state index contributed by atoms with van der Waals surface area (Å²) in [6, 6.07) is 14.5. The molecule has 0 aliphatic carbocycles. The standard InChI is InChI=1S/C23H20N6O2/c1-15(2)29-23-17(13-27-29)10-19(14-26-23)28-22(30)9-16-3-5-20(6-4-16)31-21-7-8-25-18(11-21)12-24/h3-8,10-11,13-15H,9H2,1-2H3,(H,28,30). The van der Waals surface area contributed by atoms with Gasteiger partial charge < -0.3 is 10.1 Å². The zero-order valence-electron chi connectivity index (χ0n) is 17.1. The molecule has 0 atom stereocenters. The van der Waals surface area contributed by atoms with Crippen LogP contribution in [0.5, 0.6) is 11.5 Å². The minimum Gasteiger partial charge on any atom is -0.457 e. The van der Waals surface area contributed by atoms with Crippen molar-refractivity contribution in [3.05, 3.63) is 72.3 Å². The average molecular weight is 412 g/mol. The van der Waals surface area contributed by atoms with Gasteiger partial charge in [0.2, 0.25) is 5.91 Å². The molecule has 0 fully saturated rings. The minimum atomic E-state index is -0.140. The van der Waals surface area contributed by atoms with Crippen LogP contribution < -0.4 is 10.1 Å². The van der Waals surface area contributed by atoms with Crippen LogP contribution in [-0.2, 0) is 11.2 Å². The lowest BCUT2D eigenvalue weighted by Gasteiger charge is -2.09. The topological polar surface area (TPSA) is 106 Å². The van der Waals surface area contributed by atoms with E-state index in [4.69, 9.17) is 10.00 Å². The van der Waals surface area contributed by atoms with E-state index in [2.05, 4.69) is 20.4 Å². The number of ether oxygens (including phenoxy) is 1. The second-order valence-electron chi connectivity index (χ2n) is 7.28. The van der Waals surface area contributed by atoms with E-state index < -0.39 is 0 Å². The maximum atomic E-state index is 12.4. The van der Waals surface area contributed by atoms with Crippen molar-refractivity contribution in [1.82, 2.24) is 19.7 Å². The Morgan fingerprint density at radius 3 is 2.68 bits per heavy atom. The number of pyridine rings is 2. The Morgan fingerprint density at radius 2 is 1.94 bits per heavy atom. The van der Waals surface area contributed by atoms with E-state index in [-0.39, 0.29) is 24.1 Å². The SMILES string of the molecule is CC(C)n1ncc2cc(NC(=O)Cc3ccc(Oc4ccnc(C#N)c4)cc3)cnc21. The van der Waals surface area contributed by atoms with Crippen molar-refractivity contribution in [2.75, 3.05) is 5.32 Å². The van der Waals surface area contributed by atoms with Crippen molar-refractivity contribution in [2.24, 2.45) is 0 Å². The molecule has 0 saturated heterocycles. The second-order valence-corrected chi connectivity index (χ2v) is 7.28. The molecule has 0 bridgehead atoms. The Balaban J connectivity index is 1.38. The van der Waals surface area contributed by atoms with E-state index in [1.807, 2.05) is 42.8 Å². The number of fused-ring (bicyclic) bond motifs is 1. The van der Waals surface area contributed by atoms with Gasteiger partial charge in [-0.2, -0.15) is 10.4 Å². The molecule has 154 valence electrons. The first-order chi connectivity index (χ1) is 15.0. The van der Waals surface area contributed by atoms with Crippen molar-refractivity contribution < 1.29 is 9.53 Å². The molecule has 0 saturated carbocycles. The third kappa shape index (κ3) is 4.67. The summed E-state index contributed by atoms with van der Waals surface area (Å²) in [5, 5.41) is 17.0. The predicted octanol–water partition coefficient (Wildman–Crippen LogP) is 4.25. The molecule has 8 heteroatoms. The Kier molecular flexibility index (Phi) is 5.58. The van der Waals surface area contributed by atoms with Gasteiger partial charge in [-0.1, -0.05) is 12.1 Å². The molecule has 8 nitrogen and oxygen atoms in total. The molecule has 3 heterocycles. The molecule has 0 aliphatic heterocycles. The average Bonchev–Trinajstić information content (AvgIpc) is 3.19. The number of carbonyl (C=O) groups is 1. The number of nitrogens with zero attached hydrogens (tertiary/aromatic N) is 5. The van der Waals surface area contributed by atoms with E-state index in [0.29, 0.717) is 17.2 Å². The van der Waals surface area contributed by atoms with E-state index in [9.17, 15) is 4.79 Å². The van der Waals surface area contributed by atoms with Crippen LogP contribution in [0, 0.1) is 11.3 Å². The first kappa shape index (κ1) is 20.0. The van der Waals surface area contributed by atoms with Gasteiger partial charge in [-0.15, -0.1) is 0 Å². The Labute approximate surface area is 179 Å². The zero-order chi connectivity index (χ0) is 21.8. The first-order valence-corrected chi connectivity index (χ1v) is 9.78. The van der Waals surface area contributed by atoms with Gasteiger partial charge in [-0.25, -0.2) is 14.6 Å². The fourth-order valence-electron chi connectivity index (χ4n) is 3.12.